The molecule has 1 N–H and O–H groups in total. The second-order valence-electron chi connectivity index (χ2n) is 4.59. The van der Waals surface area contributed by atoms with Crippen molar-refractivity contribution >= 4 is 11.6 Å². The first kappa shape index (κ1) is 12.6. The molecule has 1 aliphatic rings. The maximum atomic E-state index is 11.4. The van der Waals surface area contributed by atoms with Gasteiger partial charge in [0.1, 0.15) is 5.75 Å². The van der Waals surface area contributed by atoms with Crippen molar-refractivity contribution in [3.63, 3.8) is 0 Å². The smallest absolute Gasteiger partial charge is 0.243 e. The summed E-state index contributed by atoms with van der Waals surface area (Å²) in [5.41, 5.74) is 4.55. The molecule has 0 unspecified atom stereocenters. The minimum absolute atomic E-state index is 0.0365. The summed E-state index contributed by atoms with van der Waals surface area (Å²) in [6.07, 6.45) is 2.66. The minimum Gasteiger partial charge on any atom is -0.496 e. The van der Waals surface area contributed by atoms with E-state index in [9.17, 15) is 4.79 Å². The fraction of sp³-hybridized carbons (Fsp3) is 0.429. The largest absolute Gasteiger partial charge is 0.496 e. The van der Waals surface area contributed by atoms with Crippen LogP contribution in [0.2, 0.25) is 0 Å². The van der Waals surface area contributed by atoms with E-state index in [1.807, 2.05) is 31.2 Å². The molecule has 0 heterocycles. The van der Waals surface area contributed by atoms with Crippen LogP contribution in [0, 0.1) is 5.92 Å². The van der Waals surface area contributed by atoms with Gasteiger partial charge in [0.15, 0.2) is 0 Å². The quantitative estimate of drug-likeness (QED) is 0.639. The van der Waals surface area contributed by atoms with Crippen LogP contribution in [-0.2, 0) is 11.2 Å². The zero-order chi connectivity index (χ0) is 13.0. The monoisotopic (exact) mass is 246 g/mol. The van der Waals surface area contributed by atoms with E-state index < -0.39 is 0 Å². The molecule has 0 radical (unpaired) electrons. The minimum atomic E-state index is 0.0365. The molecule has 96 valence electrons. The average molecular weight is 246 g/mol. The number of carbonyl (C=O) groups excluding carboxylic acids is 1. The van der Waals surface area contributed by atoms with Crippen LogP contribution in [0.3, 0.4) is 0 Å². The van der Waals surface area contributed by atoms with Crippen molar-refractivity contribution in [1.29, 1.82) is 0 Å². The van der Waals surface area contributed by atoms with Gasteiger partial charge in [0.05, 0.1) is 7.11 Å². The summed E-state index contributed by atoms with van der Waals surface area (Å²) in [4.78, 5) is 11.4. The fourth-order valence-corrected chi connectivity index (χ4v) is 1.75. The Morgan fingerprint density at radius 1 is 1.44 bits per heavy atom. The van der Waals surface area contributed by atoms with Gasteiger partial charge in [0.25, 0.3) is 0 Å². The van der Waals surface area contributed by atoms with Crippen molar-refractivity contribution in [2.75, 3.05) is 7.11 Å². The maximum absolute atomic E-state index is 11.4. The van der Waals surface area contributed by atoms with Crippen LogP contribution >= 0.6 is 0 Å². The number of ether oxygens (including phenoxy) is 1. The number of para-hydroxylation sites is 1. The Balaban J connectivity index is 1.94. The summed E-state index contributed by atoms with van der Waals surface area (Å²) >= 11 is 0. The third kappa shape index (κ3) is 3.32. The van der Waals surface area contributed by atoms with Gasteiger partial charge in [-0.15, -0.1) is 0 Å². The lowest BCUT2D eigenvalue weighted by atomic mass is 10.1. The van der Waals surface area contributed by atoms with Crippen LogP contribution in [0.15, 0.2) is 29.4 Å². The number of hydrogen-bond acceptors (Lipinski definition) is 3. The number of hydrazone groups is 1. The lowest BCUT2D eigenvalue weighted by molar-refractivity contribution is -0.122. The Morgan fingerprint density at radius 2 is 2.17 bits per heavy atom. The number of carbonyl (C=O) groups is 1. The summed E-state index contributed by atoms with van der Waals surface area (Å²) in [7, 11) is 1.65. The third-order valence-corrected chi connectivity index (χ3v) is 2.94. The summed E-state index contributed by atoms with van der Waals surface area (Å²) < 4.78 is 5.28. The van der Waals surface area contributed by atoms with E-state index in [1.54, 1.807) is 7.11 Å². The van der Waals surface area contributed by atoms with Gasteiger partial charge in [-0.05, 0) is 31.4 Å². The number of rotatable bonds is 5. The van der Waals surface area contributed by atoms with Crippen molar-refractivity contribution < 1.29 is 9.53 Å². The van der Waals surface area contributed by atoms with Crippen LogP contribution in [0.4, 0.5) is 0 Å². The molecule has 0 aliphatic heterocycles. The molecule has 1 saturated carbocycles. The standard InChI is InChI=1S/C14H18N2O2/c1-10(15-16-14(17)11-7-8-11)9-12-5-3-4-6-13(12)18-2/h3-6,11H,7-9H2,1-2H3,(H,16,17)/b15-10-. The highest BCUT2D eigenvalue weighted by Gasteiger charge is 2.29. The zero-order valence-electron chi connectivity index (χ0n) is 10.8. The number of benzene rings is 1. The molecule has 1 aromatic rings. The van der Waals surface area contributed by atoms with Crippen LogP contribution in [0.25, 0.3) is 0 Å². The molecule has 0 atom stereocenters. The highest BCUT2D eigenvalue weighted by atomic mass is 16.5. The van der Waals surface area contributed by atoms with E-state index in [0.717, 1.165) is 29.9 Å². The van der Waals surface area contributed by atoms with Crippen LogP contribution < -0.4 is 10.2 Å². The van der Waals surface area contributed by atoms with Gasteiger partial charge in [-0.25, -0.2) is 5.43 Å². The molecule has 18 heavy (non-hydrogen) atoms. The predicted octanol–water partition coefficient (Wildman–Crippen LogP) is 2.14. The Hall–Kier alpha value is -1.84. The molecule has 0 saturated heterocycles. The van der Waals surface area contributed by atoms with Crippen molar-refractivity contribution in [1.82, 2.24) is 5.43 Å². The molecule has 0 bridgehead atoms. The molecule has 4 heteroatoms. The highest BCUT2D eigenvalue weighted by Crippen LogP contribution is 2.28. The second-order valence-corrected chi connectivity index (χ2v) is 4.59. The number of nitrogens with zero attached hydrogens (tertiary/aromatic N) is 1. The molecule has 1 aromatic carbocycles. The number of amides is 1. The molecular weight excluding hydrogens is 228 g/mol. The van der Waals surface area contributed by atoms with Crippen molar-refractivity contribution in [2.24, 2.45) is 11.0 Å². The van der Waals surface area contributed by atoms with Crippen LogP contribution in [0.1, 0.15) is 25.3 Å². The molecule has 0 aromatic heterocycles. The van der Waals surface area contributed by atoms with Gasteiger partial charge >= 0.3 is 0 Å². The zero-order valence-corrected chi connectivity index (χ0v) is 10.8. The summed E-state index contributed by atoms with van der Waals surface area (Å²) in [5, 5.41) is 4.12. The Labute approximate surface area is 107 Å². The molecular formula is C14H18N2O2. The van der Waals surface area contributed by atoms with E-state index in [1.165, 1.54) is 0 Å². The molecule has 2 rings (SSSR count). The first-order chi connectivity index (χ1) is 8.70. The molecule has 0 spiro atoms. The van der Waals surface area contributed by atoms with Crippen LogP contribution in [0.5, 0.6) is 5.75 Å². The normalized spacial score (nSPS) is 15.3. The summed E-state index contributed by atoms with van der Waals surface area (Å²) in [6.45, 7) is 1.90. The fourth-order valence-electron chi connectivity index (χ4n) is 1.75. The number of nitrogens with one attached hydrogen (secondary N) is 1. The van der Waals surface area contributed by atoms with Crippen molar-refractivity contribution in [3.05, 3.63) is 29.8 Å². The van der Waals surface area contributed by atoms with Gasteiger partial charge in [-0.1, -0.05) is 18.2 Å². The average Bonchev–Trinajstić information content (AvgIpc) is 3.21. The van der Waals surface area contributed by atoms with Gasteiger partial charge in [-0.3, -0.25) is 4.79 Å². The van der Waals surface area contributed by atoms with Gasteiger partial charge in [-0.2, -0.15) is 5.10 Å². The first-order valence-electron chi connectivity index (χ1n) is 6.15. The van der Waals surface area contributed by atoms with E-state index in [2.05, 4.69) is 10.5 Å². The van der Waals surface area contributed by atoms with Gasteiger partial charge < -0.3 is 4.74 Å². The summed E-state index contributed by atoms with van der Waals surface area (Å²) in [5.74, 6) is 1.07. The van der Waals surface area contributed by atoms with Gasteiger partial charge in [0, 0.05) is 18.1 Å². The Morgan fingerprint density at radius 3 is 2.83 bits per heavy atom. The van der Waals surface area contributed by atoms with Crippen molar-refractivity contribution in [3.8, 4) is 5.75 Å². The van der Waals surface area contributed by atoms with Crippen LogP contribution in [-0.4, -0.2) is 18.7 Å². The Kier molecular flexibility index (Phi) is 3.97. The van der Waals surface area contributed by atoms with E-state index >= 15 is 0 Å². The predicted molar refractivity (Wildman–Crippen MR) is 70.7 cm³/mol. The second kappa shape index (κ2) is 5.67. The molecule has 1 amide bonds. The van der Waals surface area contributed by atoms with E-state index in [-0.39, 0.29) is 11.8 Å². The van der Waals surface area contributed by atoms with Crippen molar-refractivity contribution in [2.45, 2.75) is 26.2 Å². The van der Waals surface area contributed by atoms with E-state index in [0.29, 0.717) is 6.42 Å². The first-order valence-corrected chi connectivity index (χ1v) is 6.15. The molecule has 1 aliphatic carbocycles. The number of methoxy groups -OCH3 is 1. The molecule has 4 nitrogen and oxygen atoms in total. The number of hydrogen-bond donors (Lipinski definition) is 1. The SMILES string of the molecule is COc1ccccc1C/C(C)=N\NC(=O)C1CC1. The van der Waals surface area contributed by atoms with Gasteiger partial charge in [0.2, 0.25) is 5.91 Å². The third-order valence-electron chi connectivity index (χ3n) is 2.94. The Bertz CT molecular complexity index is 465. The molecule has 1 fully saturated rings. The summed E-state index contributed by atoms with van der Waals surface area (Å²) in [6, 6.07) is 7.82. The highest BCUT2D eigenvalue weighted by molar-refractivity contribution is 5.87. The lowest BCUT2D eigenvalue weighted by Gasteiger charge is -2.07. The van der Waals surface area contributed by atoms with E-state index in [4.69, 9.17) is 4.74 Å². The maximum Gasteiger partial charge on any atom is 0.243 e. The lowest BCUT2D eigenvalue weighted by Crippen LogP contribution is -2.21. The topological polar surface area (TPSA) is 50.7 Å².